The summed E-state index contributed by atoms with van der Waals surface area (Å²) >= 11 is 11.8. The summed E-state index contributed by atoms with van der Waals surface area (Å²) in [6.45, 7) is 3.95. The number of hydrogen-bond donors (Lipinski definition) is 1. The van der Waals surface area contributed by atoms with E-state index in [-0.39, 0.29) is 18.1 Å². The number of amides is 1. The van der Waals surface area contributed by atoms with Crippen LogP contribution in [0.2, 0.25) is 5.02 Å². The van der Waals surface area contributed by atoms with Crippen molar-refractivity contribution in [2.45, 2.75) is 24.4 Å². The Morgan fingerprint density at radius 2 is 2.10 bits per heavy atom. The standard InChI is InChI=1S/C15H20Cl2N2O2/c1-10(16)15(20)18-14(11-3-5-12(17)6-4-11)13-9-19(2)7-8-21-13/h3-6,10,13-14H,7-9H2,1-2H3,(H,18,20). The lowest BCUT2D eigenvalue weighted by Crippen LogP contribution is -2.48. The number of benzene rings is 1. The summed E-state index contributed by atoms with van der Waals surface area (Å²) in [4.78, 5) is 14.2. The van der Waals surface area contributed by atoms with Crippen molar-refractivity contribution in [3.63, 3.8) is 0 Å². The van der Waals surface area contributed by atoms with Crippen LogP contribution in [0.5, 0.6) is 0 Å². The van der Waals surface area contributed by atoms with Gasteiger partial charge in [0.1, 0.15) is 5.38 Å². The SMILES string of the molecule is CC(Cl)C(=O)NC(c1ccc(Cl)cc1)C1CN(C)CCO1. The van der Waals surface area contributed by atoms with Gasteiger partial charge in [0, 0.05) is 18.1 Å². The van der Waals surface area contributed by atoms with E-state index >= 15 is 0 Å². The molecule has 0 saturated carbocycles. The Labute approximate surface area is 135 Å². The average molecular weight is 331 g/mol. The molecule has 4 nitrogen and oxygen atoms in total. The lowest BCUT2D eigenvalue weighted by Gasteiger charge is -2.36. The minimum Gasteiger partial charge on any atom is -0.373 e. The van der Waals surface area contributed by atoms with Gasteiger partial charge < -0.3 is 15.0 Å². The molecule has 0 spiro atoms. The van der Waals surface area contributed by atoms with E-state index in [1.807, 2.05) is 31.3 Å². The lowest BCUT2D eigenvalue weighted by molar-refractivity contribution is -0.123. The van der Waals surface area contributed by atoms with E-state index < -0.39 is 5.38 Å². The lowest BCUT2D eigenvalue weighted by atomic mass is 9.99. The Morgan fingerprint density at radius 3 is 2.67 bits per heavy atom. The van der Waals surface area contributed by atoms with Gasteiger partial charge in [-0.1, -0.05) is 23.7 Å². The maximum atomic E-state index is 12.0. The van der Waals surface area contributed by atoms with Crippen molar-refractivity contribution in [2.24, 2.45) is 0 Å². The van der Waals surface area contributed by atoms with Crippen LogP contribution in [0.15, 0.2) is 24.3 Å². The van der Waals surface area contributed by atoms with Crippen LogP contribution in [-0.4, -0.2) is 49.0 Å². The van der Waals surface area contributed by atoms with Crippen LogP contribution >= 0.6 is 23.2 Å². The molecule has 1 aromatic carbocycles. The van der Waals surface area contributed by atoms with Crippen molar-refractivity contribution < 1.29 is 9.53 Å². The molecule has 0 aliphatic carbocycles. The number of rotatable bonds is 4. The Morgan fingerprint density at radius 1 is 1.43 bits per heavy atom. The Bertz CT molecular complexity index is 479. The van der Waals surface area contributed by atoms with Gasteiger partial charge in [-0.2, -0.15) is 0 Å². The summed E-state index contributed by atoms with van der Waals surface area (Å²) in [7, 11) is 2.04. The van der Waals surface area contributed by atoms with Gasteiger partial charge in [0.05, 0.1) is 18.8 Å². The maximum absolute atomic E-state index is 12.0. The first kappa shape index (κ1) is 16.6. The molecule has 2 rings (SSSR count). The van der Waals surface area contributed by atoms with E-state index in [9.17, 15) is 4.79 Å². The highest BCUT2D eigenvalue weighted by atomic mass is 35.5. The van der Waals surface area contributed by atoms with Crippen LogP contribution in [-0.2, 0) is 9.53 Å². The summed E-state index contributed by atoms with van der Waals surface area (Å²) in [5.41, 5.74) is 0.963. The predicted molar refractivity (Wildman–Crippen MR) is 84.9 cm³/mol. The van der Waals surface area contributed by atoms with Crippen molar-refractivity contribution in [1.29, 1.82) is 0 Å². The first-order chi connectivity index (χ1) is 9.97. The summed E-state index contributed by atoms with van der Waals surface area (Å²) in [6.07, 6.45) is -0.107. The van der Waals surface area contributed by atoms with Gasteiger partial charge in [0.2, 0.25) is 5.91 Å². The fourth-order valence-electron chi connectivity index (χ4n) is 2.34. The monoisotopic (exact) mass is 330 g/mol. The number of halogens is 2. The molecule has 0 bridgehead atoms. The molecule has 3 unspecified atom stereocenters. The fourth-order valence-corrected chi connectivity index (χ4v) is 2.53. The van der Waals surface area contributed by atoms with E-state index in [4.69, 9.17) is 27.9 Å². The molecule has 1 saturated heterocycles. The summed E-state index contributed by atoms with van der Waals surface area (Å²) in [5.74, 6) is -0.201. The molecule has 1 amide bonds. The topological polar surface area (TPSA) is 41.6 Å². The van der Waals surface area contributed by atoms with E-state index in [0.717, 1.165) is 18.7 Å². The average Bonchev–Trinajstić information content (AvgIpc) is 2.45. The van der Waals surface area contributed by atoms with E-state index in [2.05, 4.69) is 10.2 Å². The third kappa shape index (κ3) is 4.58. The van der Waals surface area contributed by atoms with Gasteiger partial charge in [0.25, 0.3) is 0 Å². The molecule has 1 heterocycles. The zero-order valence-corrected chi connectivity index (χ0v) is 13.7. The van der Waals surface area contributed by atoms with Crippen molar-refractivity contribution in [1.82, 2.24) is 10.2 Å². The van der Waals surface area contributed by atoms with E-state index in [0.29, 0.717) is 11.6 Å². The molecule has 1 aromatic rings. The summed E-state index contributed by atoms with van der Waals surface area (Å²) in [6, 6.07) is 7.20. The fraction of sp³-hybridized carbons (Fsp3) is 0.533. The van der Waals surface area contributed by atoms with Crippen LogP contribution in [0, 0.1) is 0 Å². The van der Waals surface area contributed by atoms with E-state index in [1.165, 1.54) is 0 Å². The molecule has 1 aliphatic rings. The summed E-state index contributed by atoms with van der Waals surface area (Å²) in [5, 5.41) is 3.06. The molecule has 0 radical (unpaired) electrons. The first-order valence-electron chi connectivity index (χ1n) is 6.97. The highest BCUT2D eigenvalue weighted by Gasteiger charge is 2.30. The highest BCUT2D eigenvalue weighted by molar-refractivity contribution is 6.30. The minimum atomic E-state index is -0.582. The van der Waals surface area contributed by atoms with Crippen LogP contribution in [0.4, 0.5) is 0 Å². The first-order valence-corrected chi connectivity index (χ1v) is 7.79. The molecule has 3 atom stereocenters. The molecule has 6 heteroatoms. The maximum Gasteiger partial charge on any atom is 0.238 e. The van der Waals surface area contributed by atoms with Crippen molar-refractivity contribution in [3.05, 3.63) is 34.9 Å². The highest BCUT2D eigenvalue weighted by Crippen LogP contribution is 2.24. The number of alkyl halides is 1. The molecule has 116 valence electrons. The molecule has 1 N–H and O–H groups in total. The van der Waals surface area contributed by atoms with Gasteiger partial charge in [-0.25, -0.2) is 0 Å². The molecule has 21 heavy (non-hydrogen) atoms. The van der Waals surface area contributed by atoms with Gasteiger partial charge in [-0.05, 0) is 31.7 Å². The molecular formula is C15H20Cl2N2O2. The third-order valence-corrected chi connectivity index (χ3v) is 4.01. The van der Waals surface area contributed by atoms with Crippen molar-refractivity contribution in [2.75, 3.05) is 26.7 Å². The molecule has 1 aliphatic heterocycles. The third-order valence-electron chi connectivity index (χ3n) is 3.56. The van der Waals surface area contributed by atoms with Crippen LogP contribution < -0.4 is 5.32 Å². The quantitative estimate of drug-likeness (QED) is 0.862. The Hall–Kier alpha value is -0.810. The predicted octanol–water partition coefficient (Wildman–Crippen LogP) is 2.46. The number of carbonyl (C=O) groups excluding carboxylic acids is 1. The second-order valence-corrected chi connectivity index (χ2v) is 6.42. The zero-order chi connectivity index (χ0) is 15.4. The summed E-state index contributed by atoms with van der Waals surface area (Å²) < 4.78 is 5.84. The number of hydrogen-bond acceptors (Lipinski definition) is 3. The van der Waals surface area contributed by atoms with Gasteiger partial charge in [0.15, 0.2) is 0 Å². The van der Waals surface area contributed by atoms with Crippen molar-refractivity contribution in [3.8, 4) is 0 Å². The number of ether oxygens (including phenoxy) is 1. The number of likely N-dealkylation sites (N-methyl/N-ethyl adjacent to an activating group) is 1. The van der Waals surface area contributed by atoms with Crippen LogP contribution in [0.25, 0.3) is 0 Å². The van der Waals surface area contributed by atoms with E-state index in [1.54, 1.807) is 6.92 Å². The number of carbonyl (C=O) groups is 1. The molecule has 0 aromatic heterocycles. The molecular weight excluding hydrogens is 311 g/mol. The van der Waals surface area contributed by atoms with Crippen molar-refractivity contribution >= 4 is 29.1 Å². The number of nitrogens with zero attached hydrogens (tertiary/aromatic N) is 1. The normalized spacial score (nSPS) is 22.6. The van der Waals surface area contributed by atoms with Gasteiger partial charge in [-0.3, -0.25) is 4.79 Å². The van der Waals surface area contributed by atoms with Crippen LogP contribution in [0.1, 0.15) is 18.5 Å². The number of morpholine rings is 1. The second kappa shape index (κ2) is 7.45. The van der Waals surface area contributed by atoms with Crippen LogP contribution in [0.3, 0.4) is 0 Å². The zero-order valence-electron chi connectivity index (χ0n) is 12.2. The number of nitrogens with one attached hydrogen (secondary N) is 1. The smallest absolute Gasteiger partial charge is 0.238 e. The molecule has 1 fully saturated rings. The Kier molecular flexibility index (Phi) is 5.88. The Balaban J connectivity index is 2.20. The van der Waals surface area contributed by atoms with Gasteiger partial charge in [-0.15, -0.1) is 11.6 Å². The minimum absolute atomic E-state index is 0.107. The largest absolute Gasteiger partial charge is 0.373 e. The second-order valence-electron chi connectivity index (χ2n) is 5.33. The van der Waals surface area contributed by atoms with Gasteiger partial charge >= 0.3 is 0 Å².